The monoisotopic (exact) mass is 401 g/mol. The van der Waals surface area contributed by atoms with E-state index in [2.05, 4.69) is 37.2 Å². The van der Waals surface area contributed by atoms with Gasteiger partial charge in [0, 0.05) is 21.2 Å². The Bertz CT molecular complexity index is 662. The van der Waals surface area contributed by atoms with E-state index in [9.17, 15) is 9.18 Å². The van der Waals surface area contributed by atoms with Crippen molar-refractivity contribution in [2.75, 3.05) is 5.32 Å². The highest BCUT2D eigenvalue weighted by molar-refractivity contribution is 9.11. The predicted octanol–water partition coefficient (Wildman–Crippen LogP) is 4.66. The van der Waals surface area contributed by atoms with E-state index in [1.807, 2.05) is 0 Å². The van der Waals surface area contributed by atoms with Crippen LogP contribution < -0.4 is 5.32 Å². The second kappa shape index (κ2) is 6.37. The summed E-state index contributed by atoms with van der Waals surface area (Å²) in [5.41, 5.74) is 1.90. The minimum absolute atomic E-state index is 0.226. The van der Waals surface area contributed by atoms with Gasteiger partial charge in [0.2, 0.25) is 0 Å². The van der Waals surface area contributed by atoms with Crippen molar-refractivity contribution in [1.29, 1.82) is 0 Å². The summed E-state index contributed by atoms with van der Waals surface area (Å²) in [6.07, 6.45) is 0. The van der Waals surface area contributed by atoms with Gasteiger partial charge in [0.1, 0.15) is 5.82 Å². The first-order valence-electron chi connectivity index (χ1n) is 5.68. The lowest BCUT2D eigenvalue weighted by molar-refractivity contribution is 0.0697. The van der Waals surface area contributed by atoms with Gasteiger partial charge in [-0.3, -0.25) is 0 Å². The molecule has 0 fully saturated rings. The number of carboxylic acids is 1. The largest absolute Gasteiger partial charge is 0.478 e. The van der Waals surface area contributed by atoms with Gasteiger partial charge in [0.05, 0.1) is 5.56 Å². The molecule has 0 unspecified atom stereocenters. The van der Waals surface area contributed by atoms with Gasteiger partial charge in [-0.2, -0.15) is 0 Å². The van der Waals surface area contributed by atoms with E-state index in [1.165, 1.54) is 12.1 Å². The van der Waals surface area contributed by atoms with Crippen LogP contribution in [-0.2, 0) is 6.54 Å². The van der Waals surface area contributed by atoms with Crippen molar-refractivity contribution in [1.82, 2.24) is 0 Å². The van der Waals surface area contributed by atoms with Crippen molar-refractivity contribution >= 4 is 43.5 Å². The number of anilines is 1. The topological polar surface area (TPSA) is 49.3 Å². The standard InChI is InChI=1S/C14H10Br2FNO2/c15-11-5-8(14(19)20)1-2-9(11)7-18-13-4-3-10(17)6-12(13)16/h1-6,18H,7H2,(H,19,20). The Morgan fingerprint density at radius 1 is 1.15 bits per heavy atom. The molecule has 6 heteroatoms. The molecule has 0 aliphatic rings. The number of nitrogens with one attached hydrogen (secondary N) is 1. The Balaban J connectivity index is 2.13. The van der Waals surface area contributed by atoms with Gasteiger partial charge in [-0.05, 0) is 51.8 Å². The van der Waals surface area contributed by atoms with Crippen LogP contribution >= 0.6 is 31.9 Å². The lowest BCUT2D eigenvalue weighted by Gasteiger charge is -2.10. The van der Waals surface area contributed by atoms with Crippen LogP contribution in [0.4, 0.5) is 10.1 Å². The molecule has 0 heterocycles. The number of aromatic carboxylic acids is 1. The summed E-state index contributed by atoms with van der Waals surface area (Å²) >= 11 is 6.62. The van der Waals surface area contributed by atoms with Gasteiger partial charge < -0.3 is 10.4 Å². The maximum Gasteiger partial charge on any atom is 0.335 e. The number of carboxylic acid groups (broad SMARTS) is 1. The third kappa shape index (κ3) is 3.58. The van der Waals surface area contributed by atoms with E-state index in [4.69, 9.17) is 5.11 Å². The summed E-state index contributed by atoms with van der Waals surface area (Å²) in [6, 6.07) is 9.22. The Kier molecular flexibility index (Phi) is 4.77. The van der Waals surface area contributed by atoms with Crippen LogP contribution in [0.1, 0.15) is 15.9 Å². The molecular weight excluding hydrogens is 393 g/mol. The minimum Gasteiger partial charge on any atom is -0.478 e. The maximum absolute atomic E-state index is 13.0. The summed E-state index contributed by atoms with van der Waals surface area (Å²) in [5, 5.41) is 12.0. The summed E-state index contributed by atoms with van der Waals surface area (Å²) in [7, 11) is 0. The zero-order valence-corrected chi connectivity index (χ0v) is 13.3. The van der Waals surface area contributed by atoms with E-state index >= 15 is 0 Å². The molecule has 0 atom stereocenters. The zero-order chi connectivity index (χ0) is 14.7. The smallest absolute Gasteiger partial charge is 0.335 e. The molecule has 104 valence electrons. The lowest BCUT2D eigenvalue weighted by Crippen LogP contribution is -2.03. The number of halogens is 3. The quantitative estimate of drug-likeness (QED) is 0.781. The van der Waals surface area contributed by atoms with Crippen molar-refractivity contribution in [2.24, 2.45) is 0 Å². The fourth-order valence-electron chi connectivity index (χ4n) is 1.65. The summed E-state index contributed by atoms with van der Waals surface area (Å²) in [4.78, 5) is 10.8. The third-order valence-electron chi connectivity index (χ3n) is 2.70. The Morgan fingerprint density at radius 3 is 2.50 bits per heavy atom. The Labute approximate surface area is 132 Å². The molecule has 0 saturated heterocycles. The van der Waals surface area contributed by atoms with Gasteiger partial charge in [0.15, 0.2) is 0 Å². The van der Waals surface area contributed by atoms with Crippen molar-refractivity contribution in [3.05, 3.63) is 62.3 Å². The highest BCUT2D eigenvalue weighted by Gasteiger charge is 2.07. The van der Waals surface area contributed by atoms with E-state index in [0.717, 1.165) is 11.3 Å². The second-order valence-electron chi connectivity index (χ2n) is 4.09. The normalized spacial score (nSPS) is 10.3. The number of benzene rings is 2. The molecular formula is C14H10Br2FNO2. The van der Waals surface area contributed by atoms with Gasteiger partial charge in [0.25, 0.3) is 0 Å². The first kappa shape index (κ1) is 15.0. The van der Waals surface area contributed by atoms with E-state index in [-0.39, 0.29) is 11.4 Å². The maximum atomic E-state index is 13.0. The molecule has 0 amide bonds. The summed E-state index contributed by atoms with van der Waals surface area (Å²) in [5.74, 6) is -1.28. The highest BCUT2D eigenvalue weighted by atomic mass is 79.9. The molecule has 2 N–H and O–H groups in total. The van der Waals surface area contributed by atoms with E-state index in [1.54, 1.807) is 24.3 Å². The number of hydrogen-bond donors (Lipinski definition) is 2. The third-order valence-corrected chi connectivity index (χ3v) is 4.09. The van der Waals surface area contributed by atoms with Crippen molar-refractivity contribution in [3.8, 4) is 0 Å². The lowest BCUT2D eigenvalue weighted by atomic mass is 10.1. The van der Waals surface area contributed by atoms with Crippen LogP contribution in [0.2, 0.25) is 0 Å². The van der Waals surface area contributed by atoms with Crippen molar-refractivity contribution in [2.45, 2.75) is 6.54 Å². The molecule has 0 bridgehead atoms. The predicted molar refractivity (Wildman–Crippen MR) is 82.5 cm³/mol. The van der Waals surface area contributed by atoms with Crippen molar-refractivity contribution < 1.29 is 14.3 Å². The summed E-state index contributed by atoms with van der Waals surface area (Å²) in [6.45, 7) is 0.491. The average molecular weight is 403 g/mol. The van der Waals surface area contributed by atoms with Gasteiger partial charge in [-0.15, -0.1) is 0 Å². The first-order chi connectivity index (χ1) is 9.47. The fourth-order valence-corrected chi connectivity index (χ4v) is 2.66. The first-order valence-corrected chi connectivity index (χ1v) is 7.26. The molecule has 0 spiro atoms. The van der Waals surface area contributed by atoms with E-state index in [0.29, 0.717) is 15.5 Å². The van der Waals surface area contributed by atoms with Crippen LogP contribution in [0.5, 0.6) is 0 Å². The Hall–Kier alpha value is -1.40. The van der Waals surface area contributed by atoms with Crippen molar-refractivity contribution in [3.63, 3.8) is 0 Å². The van der Waals surface area contributed by atoms with Crippen LogP contribution in [0.25, 0.3) is 0 Å². The fraction of sp³-hybridized carbons (Fsp3) is 0.0714. The highest BCUT2D eigenvalue weighted by Crippen LogP contribution is 2.25. The van der Waals surface area contributed by atoms with Crippen LogP contribution in [-0.4, -0.2) is 11.1 Å². The second-order valence-corrected chi connectivity index (χ2v) is 5.80. The van der Waals surface area contributed by atoms with Crippen LogP contribution in [0.3, 0.4) is 0 Å². The molecule has 20 heavy (non-hydrogen) atoms. The number of carbonyl (C=O) groups is 1. The number of hydrogen-bond acceptors (Lipinski definition) is 2. The molecule has 2 rings (SSSR count). The van der Waals surface area contributed by atoms with Crippen LogP contribution in [0.15, 0.2) is 45.3 Å². The molecule has 2 aromatic rings. The van der Waals surface area contributed by atoms with Gasteiger partial charge >= 0.3 is 5.97 Å². The minimum atomic E-state index is -0.966. The average Bonchev–Trinajstić information content (AvgIpc) is 2.38. The molecule has 0 saturated carbocycles. The SMILES string of the molecule is O=C(O)c1ccc(CNc2ccc(F)cc2Br)c(Br)c1. The summed E-state index contributed by atoms with van der Waals surface area (Å²) < 4.78 is 14.3. The molecule has 2 aromatic carbocycles. The van der Waals surface area contributed by atoms with Gasteiger partial charge in [-0.1, -0.05) is 22.0 Å². The zero-order valence-electron chi connectivity index (χ0n) is 10.2. The number of rotatable bonds is 4. The molecule has 0 radical (unpaired) electrons. The Morgan fingerprint density at radius 2 is 1.90 bits per heavy atom. The molecule has 0 aromatic heterocycles. The van der Waals surface area contributed by atoms with Gasteiger partial charge in [-0.25, -0.2) is 9.18 Å². The molecule has 0 aliphatic carbocycles. The van der Waals surface area contributed by atoms with Crippen LogP contribution in [0, 0.1) is 5.82 Å². The molecule has 3 nitrogen and oxygen atoms in total. The van der Waals surface area contributed by atoms with E-state index < -0.39 is 5.97 Å². The molecule has 0 aliphatic heterocycles.